The van der Waals surface area contributed by atoms with Crippen LogP contribution >= 0.6 is 0 Å². The Morgan fingerprint density at radius 1 is 0.935 bits per heavy atom. The summed E-state index contributed by atoms with van der Waals surface area (Å²) in [5.41, 5.74) is 1.09. The summed E-state index contributed by atoms with van der Waals surface area (Å²) in [7, 11) is 0. The molecule has 0 bridgehead atoms. The van der Waals surface area contributed by atoms with Crippen LogP contribution in [0.25, 0.3) is 0 Å². The van der Waals surface area contributed by atoms with Crippen molar-refractivity contribution >= 4 is 17.6 Å². The molecule has 0 aliphatic carbocycles. The van der Waals surface area contributed by atoms with Gasteiger partial charge in [0.2, 0.25) is 5.91 Å². The van der Waals surface area contributed by atoms with Gasteiger partial charge < -0.3 is 10.2 Å². The fourth-order valence-corrected chi connectivity index (χ4v) is 3.50. The highest BCUT2D eigenvalue weighted by molar-refractivity contribution is 5.98. The minimum absolute atomic E-state index is 0.0614. The number of rotatable bonds is 6. The molecule has 1 fully saturated rings. The molecule has 164 valence electrons. The molecule has 3 rings (SSSR count). The van der Waals surface area contributed by atoms with Gasteiger partial charge in [0.05, 0.1) is 5.56 Å². The molecule has 0 aromatic heterocycles. The molecule has 0 radical (unpaired) electrons. The molecule has 2 aromatic rings. The van der Waals surface area contributed by atoms with Gasteiger partial charge in [-0.05, 0) is 31.9 Å². The van der Waals surface area contributed by atoms with Crippen LogP contribution in [0.15, 0.2) is 36.4 Å². The molecule has 0 atom stereocenters. The van der Waals surface area contributed by atoms with Crippen LogP contribution in [0.5, 0.6) is 0 Å². The van der Waals surface area contributed by atoms with Gasteiger partial charge in [-0.2, -0.15) is 0 Å². The molecule has 2 aromatic carbocycles. The van der Waals surface area contributed by atoms with E-state index in [4.69, 9.17) is 0 Å². The first kappa shape index (κ1) is 22.5. The molecule has 1 heterocycles. The van der Waals surface area contributed by atoms with E-state index in [1.807, 2.05) is 19.1 Å². The topological polar surface area (TPSA) is 66.5 Å². The third kappa shape index (κ3) is 5.51. The molecular weight excluding hydrogens is 409 g/mol. The Balaban J connectivity index is 1.46. The number of carbonyl (C=O) groups is 3. The van der Waals surface area contributed by atoms with E-state index in [9.17, 15) is 27.6 Å². The van der Waals surface area contributed by atoms with Crippen LogP contribution in [0.2, 0.25) is 0 Å². The van der Waals surface area contributed by atoms with E-state index >= 15 is 0 Å². The monoisotopic (exact) mass is 432 g/mol. The number of nitrogens with zero attached hydrogens (tertiary/aromatic N) is 1. The van der Waals surface area contributed by atoms with Gasteiger partial charge in [-0.1, -0.05) is 29.8 Å². The molecule has 2 amide bonds. The number of piperidine rings is 1. The van der Waals surface area contributed by atoms with Gasteiger partial charge >= 0.3 is 0 Å². The van der Waals surface area contributed by atoms with Crippen LogP contribution in [0.3, 0.4) is 0 Å². The van der Waals surface area contributed by atoms with Crippen molar-refractivity contribution in [2.24, 2.45) is 0 Å². The fourth-order valence-electron chi connectivity index (χ4n) is 3.50. The molecule has 1 N–H and O–H groups in total. The van der Waals surface area contributed by atoms with Gasteiger partial charge in [0.1, 0.15) is 0 Å². The third-order valence-corrected chi connectivity index (χ3v) is 5.37. The van der Waals surface area contributed by atoms with Gasteiger partial charge in [0, 0.05) is 37.5 Å². The van der Waals surface area contributed by atoms with Crippen LogP contribution in [-0.2, 0) is 4.79 Å². The van der Waals surface area contributed by atoms with Crippen molar-refractivity contribution in [1.82, 2.24) is 10.2 Å². The van der Waals surface area contributed by atoms with Crippen LogP contribution < -0.4 is 5.32 Å². The van der Waals surface area contributed by atoms with E-state index in [0.717, 1.165) is 17.7 Å². The lowest BCUT2D eigenvalue weighted by Gasteiger charge is -2.32. The maximum absolute atomic E-state index is 13.9. The molecule has 0 spiro atoms. The number of likely N-dealkylation sites (tertiary alicyclic amines) is 1. The summed E-state index contributed by atoms with van der Waals surface area (Å²) in [5, 5.41) is 2.85. The molecular formula is C23H23F3N2O3. The van der Waals surface area contributed by atoms with Crippen molar-refractivity contribution in [2.75, 3.05) is 13.1 Å². The van der Waals surface area contributed by atoms with Crippen molar-refractivity contribution in [2.45, 2.75) is 38.6 Å². The lowest BCUT2D eigenvalue weighted by atomic mass is 10.0. The summed E-state index contributed by atoms with van der Waals surface area (Å²) in [6.45, 7) is 2.41. The van der Waals surface area contributed by atoms with Crippen LogP contribution in [0.4, 0.5) is 13.2 Å². The number of Topliss-reactive ketones (excluding diaryl/α,β-unsaturated/α-hetero) is 1. The van der Waals surface area contributed by atoms with Crippen molar-refractivity contribution in [1.29, 1.82) is 0 Å². The van der Waals surface area contributed by atoms with Crippen molar-refractivity contribution in [3.05, 3.63) is 70.5 Å². The number of amides is 2. The number of halogens is 3. The van der Waals surface area contributed by atoms with Gasteiger partial charge in [-0.25, -0.2) is 13.2 Å². The molecule has 5 nitrogen and oxygen atoms in total. The summed E-state index contributed by atoms with van der Waals surface area (Å²) in [5.74, 6) is -5.60. The van der Waals surface area contributed by atoms with Crippen LogP contribution in [-0.4, -0.2) is 41.6 Å². The third-order valence-electron chi connectivity index (χ3n) is 5.37. The smallest absolute Gasteiger partial charge is 0.256 e. The largest absolute Gasteiger partial charge is 0.353 e. The van der Waals surface area contributed by atoms with E-state index in [-0.39, 0.29) is 43.7 Å². The van der Waals surface area contributed by atoms with Crippen LogP contribution in [0, 0.1) is 24.4 Å². The van der Waals surface area contributed by atoms with E-state index in [0.29, 0.717) is 18.4 Å². The lowest BCUT2D eigenvalue weighted by Crippen LogP contribution is -2.46. The number of benzene rings is 2. The number of hydrogen-bond donors (Lipinski definition) is 1. The number of carbonyl (C=O) groups excluding carboxylic acids is 3. The summed E-state index contributed by atoms with van der Waals surface area (Å²) < 4.78 is 40.3. The van der Waals surface area contributed by atoms with Crippen molar-refractivity contribution in [3.8, 4) is 0 Å². The first-order valence-corrected chi connectivity index (χ1v) is 10.1. The molecule has 31 heavy (non-hydrogen) atoms. The Morgan fingerprint density at radius 2 is 1.58 bits per heavy atom. The zero-order valence-corrected chi connectivity index (χ0v) is 17.1. The molecule has 1 saturated heterocycles. The molecule has 1 aliphatic heterocycles. The maximum atomic E-state index is 13.9. The predicted octanol–water partition coefficient (Wildman–Crippen LogP) is 3.80. The Kier molecular flexibility index (Phi) is 7.09. The Morgan fingerprint density at radius 3 is 2.23 bits per heavy atom. The second-order valence-electron chi connectivity index (χ2n) is 7.65. The summed E-state index contributed by atoms with van der Waals surface area (Å²) >= 11 is 0. The number of aryl methyl sites for hydroxylation is 1. The molecule has 8 heteroatoms. The predicted molar refractivity (Wildman–Crippen MR) is 108 cm³/mol. The van der Waals surface area contributed by atoms with E-state index in [2.05, 4.69) is 5.32 Å². The number of hydrogen-bond acceptors (Lipinski definition) is 3. The average molecular weight is 432 g/mol. The van der Waals surface area contributed by atoms with E-state index in [1.165, 1.54) is 4.90 Å². The maximum Gasteiger partial charge on any atom is 0.256 e. The zero-order chi connectivity index (χ0) is 22.5. The SMILES string of the molecule is Cc1ccc(C(=O)CCC(=O)NC2CCN(C(=O)c3ccc(F)c(F)c3F)CC2)cc1. The summed E-state index contributed by atoms with van der Waals surface area (Å²) in [6, 6.07) is 8.62. The Hall–Kier alpha value is -3.16. The quantitative estimate of drug-likeness (QED) is 0.558. The highest BCUT2D eigenvalue weighted by Crippen LogP contribution is 2.20. The van der Waals surface area contributed by atoms with Gasteiger partial charge in [-0.3, -0.25) is 14.4 Å². The summed E-state index contributed by atoms with van der Waals surface area (Å²) in [4.78, 5) is 38.1. The Labute approximate surface area is 178 Å². The average Bonchev–Trinajstić information content (AvgIpc) is 2.76. The minimum atomic E-state index is -1.67. The standard InChI is InChI=1S/C23H23F3N2O3/c1-14-2-4-15(5-3-14)19(29)8-9-20(30)27-16-10-12-28(13-11-16)23(31)17-6-7-18(24)22(26)21(17)25/h2-7,16H,8-13H2,1H3,(H,27,30). The van der Waals surface area contributed by atoms with Crippen molar-refractivity contribution in [3.63, 3.8) is 0 Å². The summed E-state index contributed by atoms with van der Waals surface area (Å²) in [6.07, 6.45) is 1.04. The molecule has 0 unspecified atom stereocenters. The zero-order valence-electron chi connectivity index (χ0n) is 17.1. The number of ketones is 1. The van der Waals surface area contributed by atoms with E-state index < -0.39 is 28.9 Å². The highest BCUT2D eigenvalue weighted by Gasteiger charge is 2.27. The van der Waals surface area contributed by atoms with E-state index in [1.54, 1.807) is 12.1 Å². The first-order valence-electron chi connectivity index (χ1n) is 10.1. The fraction of sp³-hybridized carbons (Fsp3) is 0.348. The second-order valence-corrected chi connectivity index (χ2v) is 7.65. The lowest BCUT2D eigenvalue weighted by molar-refractivity contribution is -0.122. The normalized spacial score (nSPS) is 14.4. The molecule has 0 saturated carbocycles. The Bertz CT molecular complexity index is 984. The van der Waals surface area contributed by atoms with Crippen LogP contribution in [0.1, 0.15) is 52.0 Å². The van der Waals surface area contributed by atoms with Gasteiger partial charge in [0.15, 0.2) is 23.2 Å². The first-order chi connectivity index (χ1) is 14.8. The highest BCUT2D eigenvalue weighted by atomic mass is 19.2. The number of nitrogens with one attached hydrogen (secondary N) is 1. The van der Waals surface area contributed by atoms with Gasteiger partial charge in [0.25, 0.3) is 5.91 Å². The second kappa shape index (κ2) is 9.76. The van der Waals surface area contributed by atoms with Crippen molar-refractivity contribution < 1.29 is 27.6 Å². The molecule has 1 aliphatic rings. The minimum Gasteiger partial charge on any atom is -0.353 e. The van der Waals surface area contributed by atoms with Gasteiger partial charge in [-0.15, -0.1) is 0 Å².